The summed E-state index contributed by atoms with van der Waals surface area (Å²) >= 11 is 1.69. The number of ether oxygens (including phenoxy) is 1. The number of rotatable bonds is 6. The third-order valence-corrected chi connectivity index (χ3v) is 4.17. The molecule has 0 aliphatic carbocycles. The number of hydrogen-bond donors (Lipinski definition) is 1. The largest absolute Gasteiger partial charge is 0.490 e. The Morgan fingerprint density at radius 2 is 2.10 bits per heavy atom. The summed E-state index contributed by atoms with van der Waals surface area (Å²) in [5, 5.41) is 16.4. The molecule has 0 aliphatic rings. The van der Waals surface area contributed by atoms with Gasteiger partial charge in [0.25, 0.3) is 0 Å². The maximum atomic E-state index is 10.9. The molecule has 21 heavy (non-hydrogen) atoms. The number of benzene rings is 1. The van der Waals surface area contributed by atoms with E-state index in [0.29, 0.717) is 5.92 Å². The molecule has 5 nitrogen and oxygen atoms in total. The van der Waals surface area contributed by atoms with Crippen molar-refractivity contribution in [2.75, 3.05) is 12.4 Å². The fraction of sp³-hybridized carbons (Fsp3) is 0.333. The fourth-order valence-electron chi connectivity index (χ4n) is 2.13. The highest BCUT2D eigenvalue weighted by Crippen LogP contribution is 2.34. The molecule has 0 amide bonds. The van der Waals surface area contributed by atoms with Crippen LogP contribution in [0.3, 0.4) is 0 Å². The molecule has 0 spiro atoms. The Bertz CT molecular complexity index is 611. The second-order valence-electron chi connectivity index (χ2n) is 5.03. The molecule has 0 radical (unpaired) electrons. The van der Waals surface area contributed by atoms with Crippen molar-refractivity contribution in [1.82, 2.24) is 0 Å². The first kappa shape index (κ1) is 15.3. The summed E-state index contributed by atoms with van der Waals surface area (Å²) in [6, 6.07) is 9.12. The number of nitrogens with zero attached hydrogens (tertiary/aromatic N) is 1. The van der Waals surface area contributed by atoms with Crippen LogP contribution in [-0.4, -0.2) is 12.0 Å². The van der Waals surface area contributed by atoms with E-state index in [1.165, 1.54) is 18.1 Å². The minimum atomic E-state index is -0.443. The standard InChI is InChI=1S/C15H18N2O3S/c1-10(2)15(14-5-4-8-21-14)16-11-6-7-12(17(18)19)13(9-11)20-3/h4-10,15-16H,1-3H3. The highest BCUT2D eigenvalue weighted by Gasteiger charge is 2.19. The molecule has 1 heterocycles. The van der Waals surface area contributed by atoms with Crippen molar-refractivity contribution in [3.8, 4) is 5.75 Å². The van der Waals surface area contributed by atoms with Crippen LogP contribution in [0.25, 0.3) is 0 Å². The summed E-state index contributed by atoms with van der Waals surface area (Å²) in [6.07, 6.45) is 0. The van der Waals surface area contributed by atoms with Crippen LogP contribution in [0.5, 0.6) is 5.75 Å². The number of nitrogens with one attached hydrogen (secondary N) is 1. The van der Waals surface area contributed by atoms with Gasteiger partial charge in [0.05, 0.1) is 18.1 Å². The average molecular weight is 306 g/mol. The predicted molar refractivity (Wildman–Crippen MR) is 85.2 cm³/mol. The van der Waals surface area contributed by atoms with Crippen LogP contribution in [0.1, 0.15) is 24.8 Å². The third-order valence-electron chi connectivity index (χ3n) is 3.21. The Kier molecular flexibility index (Phi) is 4.80. The quantitative estimate of drug-likeness (QED) is 0.631. The lowest BCUT2D eigenvalue weighted by Crippen LogP contribution is -2.15. The first-order chi connectivity index (χ1) is 10.0. The zero-order chi connectivity index (χ0) is 15.4. The molecule has 1 atom stereocenters. The third kappa shape index (κ3) is 3.52. The number of nitro benzene ring substituents is 1. The van der Waals surface area contributed by atoms with Gasteiger partial charge in [-0.15, -0.1) is 11.3 Å². The van der Waals surface area contributed by atoms with Gasteiger partial charge in [0.1, 0.15) is 0 Å². The molecule has 0 aliphatic heterocycles. The molecular formula is C15H18N2O3S. The smallest absolute Gasteiger partial charge is 0.311 e. The van der Waals surface area contributed by atoms with Gasteiger partial charge in [0.2, 0.25) is 0 Å². The Balaban J connectivity index is 2.27. The van der Waals surface area contributed by atoms with E-state index in [-0.39, 0.29) is 17.5 Å². The second kappa shape index (κ2) is 6.58. The molecule has 0 saturated carbocycles. The van der Waals surface area contributed by atoms with Gasteiger partial charge in [-0.1, -0.05) is 19.9 Å². The van der Waals surface area contributed by atoms with Crippen molar-refractivity contribution in [3.05, 3.63) is 50.7 Å². The van der Waals surface area contributed by atoms with Gasteiger partial charge < -0.3 is 10.1 Å². The number of anilines is 1. The van der Waals surface area contributed by atoms with E-state index in [4.69, 9.17) is 4.74 Å². The molecule has 0 bridgehead atoms. The highest BCUT2D eigenvalue weighted by atomic mass is 32.1. The summed E-state index contributed by atoms with van der Waals surface area (Å²) in [4.78, 5) is 11.7. The van der Waals surface area contributed by atoms with Crippen LogP contribution in [-0.2, 0) is 0 Å². The van der Waals surface area contributed by atoms with Crippen molar-refractivity contribution in [1.29, 1.82) is 0 Å². The van der Waals surface area contributed by atoms with Crippen LogP contribution in [0, 0.1) is 16.0 Å². The molecule has 1 aromatic heterocycles. The minimum Gasteiger partial charge on any atom is -0.490 e. The summed E-state index contributed by atoms with van der Waals surface area (Å²) in [7, 11) is 1.44. The lowest BCUT2D eigenvalue weighted by Gasteiger charge is -2.22. The van der Waals surface area contributed by atoms with Crippen molar-refractivity contribution in [3.63, 3.8) is 0 Å². The predicted octanol–water partition coefficient (Wildman–Crippen LogP) is 4.47. The second-order valence-corrected chi connectivity index (χ2v) is 6.00. The summed E-state index contributed by atoms with van der Waals surface area (Å²) < 4.78 is 5.10. The number of methoxy groups -OCH3 is 1. The van der Waals surface area contributed by atoms with Gasteiger partial charge in [0, 0.05) is 22.7 Å². The molecule has 112 valence electrons. The average Bonchev–Trinajstić information content (AvgIpc) is 2.97. The van der Waals surface area contributed by atoms with E-state index in [1.54, 1.807) is 23.5 Å². The fourth-order valence-corrected chi connectivity index (χ4v) is 3.08. The first-order valence-electron chi connectivity index (χ1n) is 6.65. The SMILES string of the molecule is COc1cc(NC(c2cccs2)C(C)C)ccc1[N+](=O)[O-]. The lowest BCUT2D eigenvalue weighted by atomic mass is 10.0. The van der Waals surface area contributed by atoms with Gasteiger partial charge in [0.15, 0.2) is 5.75 Å². The normalized spacial score (nSPS) is 12.2. The van der Waals surface area contributed by atoms with E-state index in [2.05, 4.69) is 25.2 Å². The number of hydrogen-bond acceptors (Lipinski definition) is 5. The molecule has 1 N–H and O–H groups in total. The van der Waals surface area contributed by atoms with Crippen LogP contribution >= 0.6 is 11.3 Å². The Hall–Kier alpha value is -2.08. The van der Waals surface area contributed by atoms with Crippen molar-refractivity contribution in [2.45, 2.75) is 19.9 Å². The maximum absolute atomic E-state index is 10.9. The molecule has 1 aromatic carbocycles. The van der Waals surface area contributed by atoms with Gasteiger partial charge in [-0.2, -0.15) is 0 Å². The van der Waals surface area contributed by atoms with E-state index in [9.17, 15) is 10.1 Å². The van der Waals surface area contributed by atoms with Crippen LogP contribution in [0.4, 0.5) is 11.4 Å². The van der Waals surface area contributed by atoms with Crippen LogP contribution < -0.4 is 10.1 Å². The number of thiophene rings is 1. The lowest BCUT2D eigenvalue weighted by molar-refractivity contribution is -0.385. The Labute approximate surface area is 127 Å². The van der Waals surface area contributed by atoms with E-state index in [0.717, 1.165) is 5.69 Å². The zero-order valence-corrected chi connectivity index (χ0v) is 13.0. The van der Waals surface area contributed by atoms with E-state index >= 15 is 0 Å². The molecule has 2 aromatic rings. The molecule has 0 saturated heterocycles. The zero-order valence-electron chi connectivity index (χ0n) is 12.2. The van der Waals surface area contributed by atoms with Gasteiger partial charge in [-0.25, -0.2) is 0 Å². The topological polar surface area (TPSA) is 64.4 Å². The highest BCUT2D eigenvalue weighted by molar-refractivity contribution is 7.10. The monoisotopic (exact) mass is 306 g/mol. The maximum Gasteiger partial charge on any atom is 0.311 e. The number of nitro groups is 1. The minimum absolute atomic E-state index is 0.0275. The van der Waals surface area contributed by atoms with Crippen LogP contribution in [0.2, 0.25) is 0 Å². The van der Waals surface area contributed by atoms with Crippen LogP contribution in [0.15, 0.2) is 35.7 Å². The van der Waals surface area contributed by atoms with E-state index in [1.807, 2.05) is 11.4 Å². The molecule has 1 unspecified atom stereocenters. The first-order valence-corrected chi connectivity index (χ1v) is 7.53. The summed E-state index contributed by atoms with van der Waals surface area (Å²) in [5.41, 5.74) is 0.782. The van der Waals surface area contributed by atoms with Gasteiger partial charge in [-0.3, -0.25) is 10.1 Å². The van der Waals surface area contributed by atoms with E-state index < -0.39 is 4.92 Å². The Morgan fingerprint density at radius 3 is 2.62 bits per heavy atom. The van der Waals surface area contributed by atoms with Crippen molar-refractivity contribution >= 4 is 22.7 Å². The molecule has 6 heteroatoms. The summed E-state index contributed by atoms with van der Waals surface area (Å²) in [5.74, 6) is 0.656. The summed E-state index contributed by atoms with van der Waals surface area (Å²) in [6.45, 7) is 4.28. The van der Waals surface area contributed by atoms with Crippen molar-refractivity contribution < 1.29 is 9.66 Å². The van der Waals surface area contributed by atoms with Crippen molar-refractivity contribution in [2.24, 2.45) is 5.92 Å². The molecule has 0 fully saturated rings. The van der Waals surface area contributed by atoms with Gasteiger partial charge >= 0.3 is 5.69 Å². The Morgan fingerprint density at radius 1 is 1.33 bits per heavy atom. The molecule has 2 rings (SSSR count). The van der Waals surface area contributed by atoms with Gasteiger partial charge in [-0.05, 0) is 23.4 Å². The molecular weight excluding hydrogens is 288 g/mol.